The van der Waals surface area contributed by atoms with Crippen LogP contribution in [-0.4, -0.2) is 38.0 Å². The van der Waals surface area contributed by atoms with E-state index in [-0.39, 0.29) is 35.1 Å². The van der Waals surface area contributed by atoms with Crippen LogP contribution in [0.15, 0.2) is 47.1 Å². The Hall–Kier alpha value is -3.86. The van der Waals surface area contributed by atoms with Crippen molar-refractivity contribution >= 4 is 34.9 Å². The average molecular weight is 446 g/mol. The number of ether oxygens (including phenoxy) is 1. The third-order valence-corrected chi connectivity index (χ3v) is 4.33. The maximum absolute atomic E-state index is 12.3. The van der Waals surface area contributed by atoms with E-state index in [4.69, 9.17) is 20.9 Å². The molecule has 0 saturated carbocycles. The Balaban J connectivity index is 1.51. The molecule has 2 heterocycles. The summed E-state index contributed by atoms with van der Waals surface area (Å²) in [4.78, 5) is 42.8. The smallest absolute Gasteiger partial charge is 0.307 e. The van der Waals surface area contributed by atoms with E-state index >= 15 is 0 Å². The summed E-state index contributed by atoms with van der Waals surface area (Å²) in [6, 6.07) is 8.86. The summed E-state index contributed by atoms with van der Waals surface area (Å²) in [5.74, 6) is -0.833. The van der Waals surface area contributed by atoms with Crippen LogP contribution in [0.25, 0.3) is 11.5 Å². The molecule has 0 aliphatic carbocycles. The maximum Gasteiger partial charge on any atom is 0.307 e. The Labute approximate surface area is 180 Å². The van der Waals surface area contributed by atoms with Crippen molar-refractivity contribution in [1.82, 2.24) is 15.1 Å². The Bertz CT molecular complexity index is 1100. The zero-order valence-electron chi connectivity index (χ0n) is 16.1. The number of hydrogen-bond donors (Lipinski definition) is 1. The molecule has 1 amide bonds. The molecule has 0 aliphatic heterocycles. The molecule has 0 radical (unpaired) electrons. The number of aryl methyl sites for hydroxylation is 1. The van der Waals surface area contributed by atoms with Crippen LogP contribution in [0.5, 0.6) is 0 Å². The van der Waals surface area contributed by atoms with Gasteiger partial charge in [0.05, 0.1) is 22.1 Å². The molecule has 0 fully saturated rings. The van der Waals surface area contributed by atoms with Crippen molar-refractivity contribution in [3.8, 4) is 11.5 Å². The number of carbonyl (C=O) groups is 2. The van der Waals surface area contributed by atoms with Crippen molar-refractivity contribution in [2.45, 2.75) is 25.9 Å². The number of benzene rings is 1. The van der Waals surface area contributed by atoms with E-state index in [2.05, 4.69) is 20.4 Å². The molecule has 31 heavy (non-hydrogen) atoms. The van der Waals surface area contributed by atoms with Crippen molar-refractivity contribution in [3.63, 3.8) is 0 Å². The second-order valence-electron chi connectivity index (χ2n) is 6.27. The number of nitrogens with zero attached hydrogens (tertiary/aromatic N) is 4. The lowest BCUT2D eigenvalue weighted by Crippen LogP contribution is -2.30. The molecule has 1 unspecified atom stereocenters. The topological polar surface area (TPSA) is 150 Å². The van der Waals surface area contributed by atoms with Gasteiger partial charge in [-0.05, 0) is 25.1 Å². The highest BCUT2D eigenvalue weighted by Crippen LogP contribution is 2.27. The second kappa shape index (κ2) is 9.76. The molecule has 0 spiro atoms. The first-order chi connectivity index (χ1) is 14.8. The molecule has 1 aromatic carbocycles. The Morgan fingerprint density at radius 1 is 1.32 bits per heavy atom. The zero-order valence-corrected chi connectivity index (χ0v) is 16.9. The van der Waals surface area contributed by atoms with Gasteiger partial charge in [0.2, 0.25) is 11.7 Å². The van der Waals surface area contributed by atoms with E-state index in [9.17, 15) is 19.7 Å². The Morgan fingerprint density at radius 2 is 2.13 bits per heavy atom. The van der Waals surface area contributed by atoms with Crippen molar-refractivity contribution in [3.05, 3.63) is 63.6 Å². The fourth-order valence-electron chi connectivity index (χ4n) is 2.43. The number of nitro benzene ring substituents is 1. The van der Waals surface area contributed by atoms with E-state index in [1.807, 2.05) is 0 Å². The molecule has 0 bridgehead atoms. The van der Waals surface area contributed by atoms with Gasteiger partial charge in [0.15, 0.2) is 6.10 Å². The van der Waals surface area contributed by atoms with Gasteiger partial charge in [0.25, 0.3) is 11.6 Å². The number of non-ortho nitro benzene ring substituents is 1. The number of aromatic nitrogens is 3. The molecule has 3 aromatic rings. The van der Waals surface area contributed by atoms with Gasteiger partial charge in [-0.25, -0.2) is 0 Å². The van der Waals surface area contributed by atoms with E-state index in [0.29, 0.717) is 11.5 Å². The first-order valence-electron chi connectivity index (χ1n) is 9.01. The summed E-state index contributed by atoms with van der Waals surface area (Å²) < 4.78 is 10.2. The van der Waals surface area contributed by atoms with E-state index < -0.39 is 22.9 Å². The number of halogens is 1. The van der Waals surface area contributed by atoms with Gasteiger partial charge < -0.3 is 14.6 Å². The van der Waals surface area contributed by atoms with Gasteiger partial charge >= 0.3 is 5.97 Å². The third kappa shape index (κ3) is 5.82. The average Bonchev–Trinajstić information content (AvgIpc) is 3.23. The van der Waals surface area contributed by atoms with Gasteiger partial charge in [-0.15, -0.1) is 0 Å². The lowest BCUT2D eigenvalue weighted by atomic mass is 10.2. The predicted molar refractivity (Wildman–Crippen MR) is 108 cm³/mol. The van der Waals surface area contributed by atoms with E-state index in [1.165, 1.54) is 19.1 Å². The normalized spacial score (nSPS) is 11.5. The highest BCUT2D eigenvalue weighted by Gasteiger charge is 2.21. The van der Waals surface area contributed by atoms with Crippen LogP contribution in [0, 0.1) is 10.1 Å². The summed E-state index contributed by atoms with van der Waals surface area (Å²) >= 11 is 5.95. The summed E-state index contributed by atoms with van der Waals surface area (Å²) in [6.07, 6.45) is 0.452. The van der Waals surface area contributed by atoms with Gasteiger partial charge in [0, 0.05) is 24.8 Å². The van der Waals surface area contributed by atoms with E-state index in [1.54, 1.807) is 24.4 Å². The zero-order chi connectivity index (χ0) is 22.4. The van der Waals surface area contributed by atoms with Crippen LogP contribution in [0.2, 0.25) is 5.02 Å². The summed E-state index contributed by atoms with van der Waals surface area (Å²) in [5, 5.41) is 17.2. The number of anilines is 1. The van der Waals surface area contributed by atoms with Crippen molar-refractivity contribution in [2.75, 3.05) is 5.32 Å². The minimum Gasteiger partial charge on any atom is -0.453 e. The summed E-state index contributed by atoms with van der Waals surface area (Å²) in [6.45, 7) is 1.37. The maximum atomic E-state index is 12.3. The van der Waals surface area contributed by atoms with Gasteiger partial charge in [-0.1, -0.05) is 22.8 Å². The van der Waals surface area contributed by atoms with Crippen LogP contribution in [-0.2, 0) is 20.7 Å². The van der Waals surface area contributed by atoms with Crippen molar-refractivity contribution in [1.29, 1.82) is 0 Å². The molecule has 2 aromatic heterocycles. The van der Waals surface area contributed by atoms with E-state index in [0.717, 1.165) is 6.07 Å². The quantitative estimate of drug-likeness (QED) is 0.313. The first-order valence-corrected chi connectivity index (χ1v) is 9.39. The van der Waals surface area contributed by atoms with Crippen LogP contribution in [0.4, 0.5) is 11.4 Å². The Kier molecular flexibility index (Phi) is 6.88. The van der Waals surface area contributed by atoms with Crippen molar-refractivity contribution in [2.24, 2.45) is 0 Å². The molecule has 160 valence electrons. The van der Waals surface area contributed by atoms with Crippen LogP contribution < -0.4 is 5.32 Å². The molecular formula is C19H16ClN5O6. The molecular weight excluding hydrogens is 430 g/mol. The van der Waals surface area contributed by atoms with Gasteiger partial charge in [0.1, 0.15) is 5.69 Å². The molecule has 0 saturated heterocycles. The molecule has 12 heteroatoms. The molecule has 1 N–H and O–H groups in total. The number of esters is 1. The van der Waals surface area contributed by atoms with Gasteiger partial charge in [-0.3, -0.25) is 24.7 Å². The fraction of sp³-hybridized carbons (Fsp3) is 0.211. The lowest BCUT2D eigenvalue weighted by Gasteiger charge is -2.14. The molecule has 11 nitrogen and oxygen atoms in total. The highest BCUT2D eigenvalue weighted by molar-refractivity contribution is 6.33. The fourth-order valence-corrected chi connectivity index (χ4v) is 2.60. The highest BCUT2D eigenvalue weighted by atomic mass is 35.5. The van der Waals surface area contributed by atoms with Gasteiger partial charge in [-0.2, -0.15) is 4.98 Å². The number of hydrogen-bond acceptors (Lipinski definition) is 9. The second-order valence-corrected chi connectivity index (χ2v) is 6.68. The summed E-state index contributed by atoms with van der Waals surface area (Å²) in [5.41, 5.74) is 0.329. The molecule has 0 aliphatic rings. The number of nitro groups is 1. The van der Waals surface area contributed by atoms with Crippen LogP contribution in [0.3, 0.4) is 0 Å². The monoisotopic (exact) mass is 445 g/mol. The SMILES string of the molecule is CC(OC(=O)CCc1nc(-c2ccccn2)no1)C(=O)Nc1cc([N+](=O)[O-])ccc1Cl. The van der Waals surface area contributed by atoms with Crippen LogP contribution in [0.1, 0.15) is 19.2 Å². The lowest BCUT2D eigenvalue weighted by molar-refractivity contribution is -0.384. The summed E-state index contributed by atoms with van der Waals surface area (Å²) in [7, 11) is 0. The predicted octanol–water partition coefficient (Wildman–Crippen LogP) is 3.20. The number of nitrogens with one attached hydrogen (secondary N) is 1. The largest absolute Gasteiger partial charge is 0.453 e. The number of carbonyl (C=O) groups excluding carboxylic acids is 2. The Morgan fingerprint density at radius 3 is 2.84 bits per heavy atom. The number of pyridine rings is 1. The van der Waals surface area contributed by atoms with Crippen LogP contribution >= 0.6 is 11.6 Å². The van der Waals surface area contributed by atoms with Crippen molar-refractivity contribution < 1.29 is 23.8 Å². The standard InChI is InChI=1S/C19H16ClN5O6/c1-11(19(27)22-15-10-12(25(28)29)5-6-13(15)20)30-17(26)8-7-16-23-18(24-31-16)14-4-2-3-9-21-14/h2-6,9-11H,7-8H2,1H3,(H,22,27). The third-order valence-electron chi connectivity index (χ3n) is 4.00. The minimum atomic E-state index is -1.16. The number of rotatable bonds is 8. The number of amides is 1. The molecule has 1 atom stereocenters. The first kappa shape index (κ1) is 21.8. The minimum absolute atomic E-state index is 0.0386. The molecule has 3 rings (SSSR count).